The Morgan fingerprint density at radius 2 is 1.61 bits per heavy atom. The summed E-state index contributed by atoms with van der Waals surface area (Å²) >= 11 is 0. The summed E-state index contributed by atoms with van der Waals surface area (Å²) in [7, 11) is 0. The number of carbonyl (C=O) groups is 2. The Morgan fingerprint density at radius 3 is 2.06 bits per heavy atom. The quantitative estimate of drug-likeness (QED) is 0.592. The van der Waals surface area contributed by atoms with Crippen LogP contribution in [0.25, 0.3) is 0 Å². The molecule has 2 nitrogen and oxygen atoms in total. The van der Waals surface area contributed by atoms with Crippen molar-refractivity contribution in [3.05, 3.63) is 34.9 Å². The Morgan fingerprint density at radius 1 is 1.11 bits per heavy atom. The summed E-state index contributed by atoms with van der Waals surface area (Å²) in [5, 5.41) is 0. The van der Waals surface area contributed by atoms with Crippen molar-refractivity contribution in [2.75, 3.05) is 0 Å². The Hall–Kier alpha value is -1.51. The van der Waals surface area contributed by atoms with Gasteiger partial charge in [-0.2, -0.15) is 0 Å². The Balaban J connectivity index is 2.89. The van der Waals surface area contributed by atoms with Gasteiger partial charge in [-0.15, -0.1) is 0 Å². The van der Waals surface area contributed by atoms with Gasteiger partial charge < -0.3 is 0 Å². The van der Waals surface area contributed by atoms with Crippen LogP contribution in [0.4, 0.5) is 4.39 Å². The minimum atomic E-state index is -2.03. The second-order valence-corrected chi connectivity index (χ2v) is 5.17. The molecule has 1 unspecified atom stereocenters. The highest BCUT2D eigenvalue weighted by atomic mass is 19.1. The van der Waals surface area contributed by atoms with E-state index in [1.807, 2.05) is 33.8 Å². The van der Waals surface area contributed by atoms with E-state index in [1.54, 1.807) is 12.1 Å². The van der Waals surface area contributed by atoms with Crippen LogP contribution in [0.3, 0.4) is 0 Å². The molecule has 0 heterocycles. The van der Waals surface area contributed by atoms with Crippen molar-refractivity contribution in [2.45, 2.75) is 40.3 Å². The highest BCUT2D eigenvalue weighted by Gasteiger charge is 2.27. The molecule has 0 amide bonds. The van der Waals surface area contributed by atoms with Crippen molar-refractivity contribution in [3.63, 3.8) is 0 Å². The first-order valence-electron chi connectivity index (χ1n) is 6.10. The standard InChI is InChI=1S/C15H19FO2/c1-9(2)5-13(17)14(16)15(18)12-7-10(3)6-11(4)8-12/h6-9,14H,5H2,1-4H3. The first kappa shape index (κ1) is 14.6. The van der Waals surface area contributed by atoms with E-state index < -0.39 is 17.7 Å². The molecule has 0 bridgehead atoms. The summed E-state index contributed by atoms with van der Waals surface area (Å²) in [4.78, 5) is 23.4. The summed E-state index contributed by atoms with van der Waals surface area (Å²) in [5.74, 6) is -1.30. The van der Waals surface area contributed by atoms with Crippen LogP contribution in [0, 0.1) is 19.8 Å². The zero-order valence-corrected chi connectivity index (χ0v) is 11.3. The second kappa shape index (κ2) is 5.89. The van der Waals surface area contributed by atoms with Crippen molar-refractivity contribution in [2.24, 2.45) is 5.92 Å². The van der Waals surface area contributed by atoms with Crippen molar-refractivity contribution in [1.82, 2.24) is 0 Å². The maximum atomic E-state index is 13.8. The summed E-state index contributed by atoms with van der Waals surface area (Å²) in [6, 6.07) is 5.13. The fourth-order valence-corrected chi connectivity index (χ4v) is 1.92. The normalized spacial score (nSPS) is 12.6. The molecule has 0 aromatic heterocycles. The molecule has 3 heteroatoms. The molecule has 0 aliphatic rings. The third kappa shape index (κ3) is 3.76. The van der Waals surface area contributed by atoms with Crippen molar-refractivity contribution in [1.29, 1.82) is 0 Å². The maximum Gasteiger partial charge on any atom is 0.220 e. The first-order valence-corrected chi connectivity index (χ1v) is 6.10. The molecule has 0 saturated carbocycles. The molecule has 0 radical (unpaired) electrons. The van der Waals surface area contributed by atoms with Crippen LogP contribution in [-0.4, -0.2) is 17.7 Å². The van der Waals surface area contributed by atoms with Crippen LogP contribution in [0.15, 0.2) is 18.2 Å². The summed E-state index contributed by atoms with van der Waals surface area (Å²) in [6.07, 6.45) is -1.94. The molecule has 0 N–H and O–H groups in total. The zero-order valence-electron chi connectivity index (χ0n) is 11.3. The Bertz CT molecular complexity index is 443. The van der Waals surface area contributed by atoms with Crippen molar-refractivity contribution >= 4 is 11.6 Å². The number of hydrogen-bond acceptors (Lipinski definition) is 2. The predicted octanol–water partition coefficient (Wildman–Crippen LogP) is 3.44. The van der Waals surface area contributed by atoms with E-state index in [-0.39, 0.29) is 17.9 Å². The van der Waals surface area contributed by atoms with Gasteiger partial charge in [-0.3, -0.25) is 9.59 Å². The van der Waals surface area contributed by atoms with Gasteiger partial charge in [-0.1, -0.05) is 31.0 Å². The average Bonchev–Trinajstić information content (AvgIpc) is 2.24. The van der Waals surface area contributed by atoms with Gasteiger partial charge in [0, 0.05) is 12.0 Å². The number of benzene rings is 1. The summed E-state index contributed by atoms with van der Waals surface area (Å²) in [5.41, 5.74) is 2.06. The van der Waals surface area contributed by atoms with E-state index in [2.05, 4.69) is 0 Å². The van der Waals surface area contributed by atoms with Crippen LogP contribution in [0.2, 0.25) is 0 Å². The van der Waals surface area contributed by atoms with Crippen LogP contribution in [0.5, 0.6) is 0 Å². The molecule has 98 valence electrons. The van der Waals surface area contributed by atoms with E-state index in [9.17, 15) is 14.0 Å². The van der Waals surface area contributed by atoms with Crippen LogP contribution in [0.1, 0.15) is 41.8 Å². The van der Waals surface area contributed by atoms with Crippen molar-refractivity contribution < 1.29 is 14.0 Å². The largest absolute Gasteiger partial charge is 0.296 e. The smallest absolute Gasteiger partial charge is 0.220 e. The Kier molecular flexibility index (Phi) is 4.76. The molecule has 1 aromatic rings. The molecule has 18 heavy (non-hydrogen) atoms. The van der Waals surface area contributed by atoms with Gasteiger partial charge in [0.2, 0.25) is 12.0 Å². The van der Waals surface area contributed by atoms with Crippen LogP contribution < -0.4 is 0 Å². The fourth-order valence-electron chi connectivity index (χ4n) is 1.92. The second-order valence-electron chi connectivity index (χ2n) is 5.17. The van der Waals surface area contributed by atoms with E-state index in [0.29, 0.717) is 0 Å². The van der Waals surface area contributed by atoms with E-state index >= 15 is 0 Å². The number of Topliss-reactive ketones (excluding diaryl/α,β-unsaturated/α-hetero) is 2. The van der Waals surface area contributed by atoms with E-state index in [0.717, 1.165) is 11.1 Å². The van der Waals surface area contributed by atoms with Crippen LogP contribution >= 0.6 is 0 Å². The van der Waals surface area contributed by atoms with Crippen molar-refractivity contribution in [3.8, 4) is 0 Å². The molecule has 0 fully saturated rings. The molecule has 1 rings (SSSR count). The highest BCUT2D eigenvalue weighted by molar-refractivity contribution is 6.13. The number of hydrogen-bond donors (Lipinski definition) is 0. The number of ketones is 2. The average molecular weight is 250 g/mol. The third-order valence-electron chi connectivity index (χ3n) is 2.63. The third-order valence-corrected chi connectivity index (χ3v) is 2.63. The van der Waals surface area contributed by atoms with E-state index in [4.69, 9.17) is 0 Å². The topological polar surface area (TPSA) is 34.1 Å². The molecule has 0 saturated heterocycles. The van der Waals surface area contributed by atoms with Gasteiger partial charge in [-0.25, -0.2) is 4.39 Å². The first-order chi connectivity index (χ1) is 8.31. The lowest BCUT2D eigenvalue weighted by Gasteiger charge is -2.09. The Labute approximate surface area is 107 Å². The summed E-state index contributed by atoms with van der Waals surface area (Å²) in [6.45, 7) is 7.33. The van der Waals surface area contributed by atoms with Gasteiger partial charge in [0.1, 0.15) is 0 Å². The van der Waals surface area contributed by atoms with E-state index in [1.165, 1.54) is 0 Å². The maximum absolute atomic E-state index is 13.8. The number of aryl methyl sites for hydroxylation is 2. The van der Waals surface area contributed by atoms with Gasteiger partial charge >= 0.3 is 0 Å². The molecule has 1 aromatic carbocycles. The predicted molar refractivity (Wildman–Crippen MR) is 69.6 cm³/mol. The number of alkyl halides is 1. The number of rotatable bonds is 5. The lowest BCUT2D eigenvalue weighted by atomic mass is 9.96. The van der Waals surface area contributed by atoms with Gasteiger partial charge in [0.25, 0.3) is 0 Å². The molecule has 0 spiro atoms. The zero-order chi connectivity index (χ0) is 13.9. The SMILES string of the molecule is Cc1cc(C)cc(C(=O)C(F)C(=O)CC(C)C)c1. The van der Waals surface area contributed by atoms with Gasteiger partial charge in [0.05, 0.1) is 0 Å². The highest BCUT2D eigenvalue weighted by Crippen LogP contribution is 2.15. The molecule has 0 aliphatic carbocycles. The molecular formula is C15H19FO2. The van der Waals surface area contributed by atoms with Gasteiger partial charge in [0.15, 0.2) is 5.78 Å². The lowest BCUT2D eigenvalue weighted by Crippen LogP contribution is -2.27. The summed E-state index contributed by atoms with van der Waals surface area (Å²) < 4.78 is 13.8. The molecular weight excluding hydrogens is 231 g/mol. The minimum Gasteiger partial charge on any atom is -0.296 e. The number of halogens is 1. The van der Waals surface area contributed by atoms with Crippen LogP contribution in [-0.2, 0) is 4.79 Å². The van der Waals surface area contributed by atoms with Gasteiger partial charge in [-0.05, 0) is 31.9 Å². The monoisotopic (exact) mass is 250 g/mol. The minimum absolute atomic E-state index is 0.0581. The fraction of sp³-hybridized carbons (Fsp3) is 0.467. The molecule has 0 aliphatic heterocycles. The lowest BCUT2D eigenvalue weighted by molar-refractivity contribution is -0.122. The molecule has 1 atom stereocenters. The number of carbonyl (C=O) groups excluding carboxylic acids is 2.